The smallest absolute Gasteiger partial charge is 0.324 e. The van der Waals surface area contributed by atoms with Crippen LogP contribution in [0.25, 0.3) is 23.1 Å². The van der Waals surface area contributed by atoms with Crippen LogP contribution in [-0.4, -0.2) is 40.1 Å². The summed E-state index contributed by atoms with van der Waals surface area (Å²) < 4.78 is 8.01. The lowest BCUT2D eigenvalue weighted by Gasteiger charge is -2.17. The summed E-state index contributed by atoms with van der Waals surface area (Å²) in [6.07, 6.45) is 6.47. The molecular formula is C23H23Cl2IN5O4P. The summed E-state index contributed by atoms with van der Waals surface area (Å²) in [7, 11) is 0. The first-order valence-electron chi connectivity index (χ1n) is 10.7. The Balaban J connectivity index is 0.00000176. The summed E-state index contributed by atoms with van der Waals surface area (Å²) in [4.78, 5) is 3.98. The van der Waals surface area contributed by atoms with Gasteiger partial charge in [-0.15, -0.1) is 5.10 Å². The first-order chi connectivity index (χ1) is 17.2. The zero-order valence-electron chi connectivity index (χ0n) is 19.4. The van der Waals surface area contributed by atoms with Crippen molar-refractivity contribution in [1.29, 1.82) is 0 Å². The van der Waals surface area contributed by atoms with Crippen LogP contribution >= 0.6 is 51.6 Å². The number of benzene rings is 1. The van der Waals surface area contributed by atoms with Gasteiger partial charge in [-0.25, -0.2) is 4.45 Å². The molecule has 0 fully saturated rings. The van der Waals surface area contributed by atoms with E-state index in [9.17, 15) is 15.3 Å². The van der Waals surface area contributed by atoms with Gasteiger partial charge in [-0.05, 0) is 71.4 Å². The predicted molar refractivity (Wildman–Crippen MR) is 151 cm³/mol. The molecule has 9 nitrogen and oxygen atoms in total. The summed E-state index contributed by atoms with van der Waals surface area (Å²) in [6, 6.07) is 8.44. The maximum Gasteiger partial charge on any atom is 0.324 e. The van der Waals surface area contributed by atoms with Gasteiger partial charge in [0, 0.05) is 23.3 Å². The number of hydrogen-bond donors (Lipinski definition) is 3. The molecule has 0 aliphatic heterocycles. The Morgan fingerprint density at radius 2 is 1.75 bits per heavy atom. The molecule has 190 valence electrons. The number of halogens is 3. The number of nitrogens with zero attached hydrogens (tertiary/aromatic N) is 5. The molecule has 0 saturated heterocycles. The molecule has 0 amide bonds. The van der Waals surface area contributed by atoms with Gasteiger partial charge in [0.05, 0.1) is 33.3 Å². The van der Waals surface area contributed by atoms with E-state index in [4.69, 9.17) is 27.9 Å². The zero-order chi connectivity index (χ0) is 26.5. The zero-order valence-corrected chi connectivity index (χ0v) is 24.1. The van der Waals surface area contributed by atoms with E-state index in [0.717, 1.165) is 10.9 Å². The minimum Gasteiger partial charge on any atom is -0.486 e. The highest BCUT2D eigenvalue weighted by atomic mass is 127. The molecule has 2 atom stereocenters. The summed E-state index contributed by atoms with van der Waals surface area (Å²) in [5.74, 6) is -2.42. The van der Waals surface area contributed by atoms with E-state index in [1.165, 1.54) is 24.5 Å². The van der Waals surface area contributed by atoms with E-state index in [0.29, 0.717) is 39.1 Å². The maximum absolute atomic E-state index is 9.18. The van der Waals surface area contributed by atoms with Crippen molar-refractivity contribution in [2.75, 3.05) is 0 Å². The van der Waals surface area contributed by atoms with Gasteiger partial charge in [-0.3, -0.25) is 4.98 Å². The third-order valence-electron chi connectivity index (χ3n) is 4.81. The van der Waals surface area contributed by atoms with E-state index in [1.807, 2.05) is 43.4 Å². The first-order valence-corrected chi connectivity index (χ1v) is 15.5. The van der Waals surface area contributed by atoms with E-state index >= 15 is 0 Å². The van der Waals surface area contributed by atoms with Crippen molar-refractivity contribution in [3.8, 4) is 5.75 Å². The van der Waals surface area contributed by atoms with Crippen molar-refractivity contribution in [3.05, 3.63) is 75.4 Å². The van der Waals surface area contributed by atoms with Crippen LogP contribution in [0, 0.1) is 0 Å². The molecule has 13 heteroatoms. The largest absolute Gasteiger partial charge is 0.486 e. The third-order valence-corrected chi connectivity index (χ3v) is 7.28. The molecule has 0 aliphatic rings. The highest BCUT2D eigenvalue weighted by Crippen LogP contribution is 2.36. The summed E-state index contributed by atoms with van der Waals surface area (Å²) in [6.45, 7) is 5.86. The lowest BCUT2D eigenvalue weighted by molar-refractivity contribution is -0.326. The molecule has 0 aliphatic carbocycles. The number of aliphatic hydroxyl groups is 3. The molecule has 1 aromatic carbocycles. The minimum absolute atomic E-state index is 0.379. The lowest BCUT2D eigenvalue weighted by Crippen LogP contribution is -2.25. The Kier molecular flexibility index (Phi) is 9.99. The van der Waals surface area contributed by atoms with E-state index in [-0.39, 0.29) is 5.69 Å². The van der Waals surface area contributed by atoms with Crippen LogP contribution in [0.15, 0.2) is 42.7 Å². The van der Waals surface area contributed by atoms with E-state index in [2.05, 4.69) is 42.3 Å². The Bertz CT molecular complexity index is 1340. The molecule has 4 aromatic rings. The fourth-order valence-corrected chi connectivity index (χ4v) is 5.44. The predicted octanol–water partition coefficient (Wildman–Crippen LogP) is 5.74. The van der Waals surface area contributed by atoms with E-state index < -0.39 is 12.1 Å². The van der Waals surface area contributed by atoms with Gasteiger partial charge in [-0.2, -0.15) is 10.2 Å². The van der Waals surface area contributed by atoms with Gasteiger partial charge in [0.2, 0.25) is 0 Å². The van der Waals surface area contributed by atoms with E-state index in [1.54, 1.807) is 12.2 Å². The fourth-order valence-electron chi connectivity index (χ4n) is 3.23. The molecule has 3 N–H and O–H groups in total. The standard InChI is InChI=1S/C21H17Cl2IN5O4P.C2H6/c1-11(20-15(22)9-25-10-16(20)23)33-13-4-6-18-14(8-13)17(28-29(18)34-24)5-2-12-3-7-19(27-26-12)21(30,31)32;1-2/h2-11,30-32,34H,1H3;1-2H3/b5-2+;. The van der Waals surface area contributed by atoms with Gasteiger partial charge in [-0.1, -0.05) is 37.0 Å². The van der Waals surface area contributed by atoms with Crippen molar-refractivity contribution < 1.29 is 20.1 Å². The molecule has 4 rings (SSSR count). The van der Waals surface area contributed by atoms with Gasteiger partial charge >= 0.3 is 5.97 Å². The molecule has 3 aromatic heterocycles. The van der Waals surface area contributed by atoms with Crippen molar-refractivity contribution in [1.82, 2.24) is 24.7 Å². The Morgan fingerprint density at radius 3 is 2.33 bits per heavy atom. The van der Waals surface area contributed by atoms with Crippen molar-refractivity contribution in [2.24, 2.45) is 0 Å². The first kappa shape index (κ1) is 28.6. The van der Waals surface area contributed by atoms with Gasteiger partial charge < -0.3 is 20.1 Å². The summed E-state index contributed by atoms with van der Waals surface area (Å²) in [5.41, 5.74) is 2.33. The Hall–Kier alpha value is -1.92. The molecule has 0 saturated carbocycles. The van der Waals surface area contributed by atoms with Crippen molar-refractivity contribution in [3.63, 3.8) is 0 Å². The third kappa shape index (κ3) is 6.69. The second-order valence-electron chi connectivity index (χ2n) is 7.15. The lowest BCUT2D eigenvalue weighted by atomic mass is 10.1. The van der Waals surface area contributed by atoms with Crippen LogP contribution in [0.3, 0.4) is 0 Å². The molecular weight excluding hydrogens is 639 g/mol. The maximum atomic E-state index is 9.18. The van der Waals surface area contributed by atoms with Gasteiger partial charge in [0.1, 0.15) is 11.9 Å². The van der Waals surface area contributed by atoms with Crippen LogP contribution in [0.2, 0.25) is 10.0 Å². The van der Waals surface area contributed by atoms with Crippen molar-refractivity contribution in [2.45, 2.75) is 32.8 Å². The molecule has 0 spiro atoms. The van der Waals surface area contributed by atoms with Crippen LogP contribution < -0.4 is 4.74 Å². The number of fused-ring (bicyclic) bond motifs is 1. The number of aromatic nitrogens is 5. The quantitative estimate of drug-likeness (QED) is 0.130. The monoisotopic (exact) mass is 661 g/mol. The number of pyridine rings is 1. The van der Waals surface area contributed by atoms with Crippen LogP contribution in [-0.2, 0) is 5.97 Å². The minimum atomic E-state index is -3.04. The summed E-state index contributed by atoms with van der Waals surface area (Å²) in [5, 5.41) is 41.4. The summed E-state index contributed by atoms with van der Waals surface area (Å²) >= 11 is 14.8. The second kappa shape index (κ2) is 12.6. The highest BCUT2D eigenvalue weighted by Gasteiger charge is 2.24. The molecule has 0 bridgehead atoms. The van der Waals surface area contributed by atoms with Gasteiger partial charge in [0.25, 0.3) is 0 Å². The average Bonchev–Trinajstić information content (AvgIpc) is 3.20. The fraction of sp³-hybridized carbons (Fsp3) is 0.217. The van der Waals surface area contributed by atoms with Crippen LogP contribution in [0.5, 0.6) is 5.75 Å². The number of hydrogen-bond acceptors (Lipinski definition) is 8. The SMILES string of the molecule is CC.CC(Oc1ccc2c(c1)c(/C=C/c1ccc(C(O)(O)O)nn1)nn2PI)c1c(Cl)cncc1Cl. The molecule has 2 unspecified atom stereocenters. The Labute approximate surface area is 232 Å². The average molecular weight is 662 g/mol. The number of rotatable bonds is 7. The normalized spacial score (nSPS) is 12.8. The highest BCUT2D eigenvalue weighted by molar-refractivity contribution is 14.2. The second-order valence-corrected chi connectivity index (χ2v) is 10.0. The molecule has 36 heavy (non-hydrogen) atoms. The molecule has 3 heterocycles. The topological polar surface area (TPSA) is 126 Å². The van der Waals surface area contributed by atoms with Gasteiger partial charge in [0.15, 0.2) is 5.69 Å². The van der Waals surface area contributed by atoms with Crippen molar-refractivity contribution >= 4 is 74.7 Å². The number of ether oxygens (including phenoxy) is 1. The van der Waals surface area contributed by atoms with Crippen LogP contribution in [0.1, 0.15) is 49.5 Å². The Morgan fingerprint density at radius 1 is 1.06 bits per heavy atom. The van der Waals surface area contributed by atoms with Crippen LogP contribution in [0.4, 0.5) is 0 Å². The molecule has 0 radical (unpaired) electrons.